The van der Waals surface area contributed by atoms with Crippen LogP contribution in [0.2, 0.25) is 0 Å². The molecule has 14 heavy (non-hydrogen) atoms. The minimum Gasteiger partial charge on any atom is -0.870 e. The Morgan fingerprint density at radius 2 is 0.929 bits per heavy atom. The van der Waals surface area contributed by atoms with Gasteiger partial charge in [-0.2, -0.15) is 0 Å². The molecule has 0 rings (SSSR count). The van der Waals surface area contributed by atoms with E-state index < -0.39 is 0 Å². The summed E-state index contributed by atoms with van der Waals surface area (Å²) in [6.07, 6.45) is 0. The van der Waals surface area contributed by atoms with E-state index in [4.69, 9.17) is 15.3 Å². The summed E-state index contributed by atoms with van der Waals surface area (Å²) in [6.45, 7) is 1.75. The van der Waals surface area contributed by atoms with E-state index in [1.807, 2.05) is 0 Å². The normalized spacial score (nSPS) is 7.71. The van der Waals surface area contributed by atoms with Gasteiger partial charge < -0.3 is 26.3 Å². The topological polar surface area (TPSA) is 124 Å². The maximum Gasteiger partial charge on any atom is 1.00 e. The van der Waals surface area contributed by atoms with Gasteiger partial charge in [0.2, 0.25) is 0 Å². The van der Waals surface area contributed by atoms with Crippen LogP contribution in [0.1, 0.15) is 0 Å². The fourth-order valence-electron chi connectivity index (χ4n) is 0.760. The first-order valence-electron chi connectivity index (χ1n) is 3.40. The van der Waals surface area contributed by atoms with Crippen LogP contribution in [0.25, 0.3) is 0 Å². The van der Waals surface area contributed by atoms with E-state index >= 15 is 0 Å². The van der Waals surface area contributed by atoms with Crippen molar-refractivity contribution < 1.29 is 107 Å². The predicted molar refractivity (Wildman–Crippen MR) is 41.6 cm³/mol. The van der Waals surface area contributed by atoms with Gasteiger partial charge in [-0.05, 0) is 0 Å². The summed E-state index contributed by atoms with van der Waals surface area (Å²) in [4.78, 5) is 1.79. The molecule has 78 valence electrons. The van der Waals surface area contributed by atoms with Crippen molar-refractivity contribution in [3.63, 3.8) is 0 Å². The van der Waals surface area contributed by atoms with Crippen LogP contribution in [-0.2, 0) is 0 Å². The summed E-state index contributed by atoms with van der Waals surface area (Å²) in [5.74, 6) is 0. The second-order valence-electron chi connectivity index (χ2n) is 2.01. The quantitative estimate of drug-likeness (QED) is 0.399. The molecule has 6 nitrogen and oxygen atoms in total. The van der Waals surface area contributed by atoms with Crippen LogP contribution in [-0.4, -0.2) is 70.6 Å². The van der Waals surface area contributed by atoms with Crippen molar-refractivity contribution in [2.24, 2.45) is 0 Å². The van der Waals surface area contributed by atoms with E-state index in [2.05, 4.69) is 0 Å². The Balaban J connectivity index is -0.0000000675. The van der Waals surface area contributed by atoms with Gasteiger partial charge in [-0.25, -0.2) is 0 Å². The molecule has 0 aliphatic rings. The number of aliphatic hydroxyl groups excluding tert-OH is 3. The average molecular weight is 245 g/mol. The minimum atomic E-state index is 0. The summed E-state index contributed by atoms with van der Waals surface area (Å²) < 4.78 is 0. The Labute approximate surface area is 149 Å². The fourth-order valence-corrected chi connectivity index (χ4v) is 0.760. The molecule has 0 aliphatic heterocycles. The summed E-state index contributed by atoms with van der Waals surface area (Å²) in [7, 11) is 0. The Kier molecular flexibility index (Phi) is 52.5. The predicted octanol–water partition coefficient (Wildman–Crippen LogP) is -8.08. The Bertz CT molecular complexity index is 69.0. The Morgan fingerprint density at radius 1 is 0.714 bits per heavy atom. The first-order chi connectivity index (χ1) is 4.85. The smallest absolute Gasteiger partial charge is 0.870 e. The van der Waals surface area contributed by atoms with Crippen LogP contribution < -0.4 is 80.9 Å². The molecule has 0 fully saturated rings. The van der Waals surface area contributed by atoms with Gasteiger partial charge in [0.05, 0.1) is 19.8 Å². The SMILES string of the molecule is OCCN(CCO)CCO.[K+].[Na+].[OH-].[OH-]. The maximum absolute atomic E-state index is 8.48. The van der Waals surface area contributed by atoms with E-state index in [1.54, 1.807) is 4.90 Å². The third-order valence-electron chi connectivity index (χ3n) is 1.25. The van der Waals surface area contributed by atoms with E-state index in [9.17, 15) is 0 Å². The monoisotopic (exact) mass is 245 g/mol. The molecule has 0 saturated carbocycles. The van der Waals surface area contributed by atoms with Gasteiger partial charge >= 0.3 is 80.9 Å². The van der Waals surface area contributed by atoms with Crippen molar-refractivity contribution in [1.82, 2.24) is 4.90 Å². The van der Waals surface area contributed by atoms with Gasteiger partial charge in [0.15, 0.2) is 0 Å². The number of hydrogen-bond acceptors (Lipinski definition) is 6. The molecule has 0 amide bonds. The molecule has 0 spiro atoms. The van der Waals surface area contributed by atoms with Crippen LogP contribution in [0.3, 0.4) is 0 Å². The van der Waals surface area contributed by atoms with Gasteiger partial charge in [0.25, 0.3) is 0 Å². The molecule has 8 heteroatoms. The number of nitrogens with zero attached hydrogens (tertiary/aromatic N) is 1. The van der Waals surface area contributed by atoms with Crippen LogP contribution in [0.4, 0.5) is 0 Å². The molecular weight excluding hydrogens is 228 g/mol. The van der Waals surface area contributed by atoms with Crippen LogP contribution >= 0.6 is 0 Å². The summed E-state index contributed by atoms with van der Waals surface area (Å²) >= 11 is 0. The first-order valence-corrected chi connectivity index (χ1v) is 3.40. The van der Waals surface area contributed by atoms with Crippen molar-refractivity contribution in [2.45, 2.75) is 0 Å². The molecule has 0 aromatic rings. The fraction of sp³-hybridized carbons (Fsp3) is 1.00. The van der Waals surface area contributed by atoms with Gasteiger partial charge in [-0.3, -0.25) is 4.90 Å². The van der Waals surface area contributed by atoms with Gasteiger partial charge in [0.1, 0.15) is 0 Å². The molecule has 0 bridgehead atoms. The van der Waals surface area contributed by atoms with E-state index in [1.165, 1.54) is 0 Å². The number of rotatable bonds is 6. The van der Waals surface area contributed by atoms with Gasteiger partial charge in [0, 0.05) is 19.6 Å². The zero-order valence-corrected chi connectivity index (χ0v) is 14.0. The zero-order valence-electron chi connectivity index (χ0n) is 8.93. The van der Waals surface area contributed by atoms with E-state index in [-0.39, 0.29) is 112 Å². The van der Waals surface area contributed by atoms with Crippen molar-refractivity contribution in [3.05, 3.63) is 0 Å². The molecular formula is C6H17KNNaO5. The van der Waals surface area contributed by atoms with Crippen molar-refractivity contribution in [2.75, 3.05) is 39.5 Å². The summed E-state index contributed by atoms with van der Waals surface area (Å²) in [5.41, 5.74) is 0. The molecule has 0 atom stereocenters. The Hall–Kier alpha value is 2.40. The van der Waals surface area contributed by atoms with Gasteiger partial charge in [-0.15, -0.1) is 0 Å². The second kappa shape index (κ2) is 24.6. The third kappa shape index (κ3) is 19.9. The third-order valence-corrected chi connectivity index (χ3v) is 1.25. The van der Waals surface area contributed by atoms with E-state index in [0.717, 1.165) is 0 Å². The largest absolute Gasteiger partial charge is 1.00 e. The molecule has 0 radical (unpaired) electrons. The molecule has 0 aromatic carbocycles. The first kappa shape index (κ1) is 29.9. The molecule has 0 unspecified atom stereocenters. The number of aliphatic hydroxyl groups is 3. The molecule has 0 heterocycles. The van der Waals surface area contributed by atoms with Crippen molar-refractivity contribution in [3.8, 4) is 0 Å². The average Bonchev–Trinajstić information content (AvgIpc) is 1.90. The number of hydrogen-bond donors (Lipinski definition) is 3. The maximum atomic E-state index is 8.48. The zero-order chi connectivity index (χ0) is 7.82. The van der Waals surface area contributed by atoms with Crippen molar-refractivity contribution in [1.29, 1.82) is 0 Å². The Morgan fingerprint density at radius 3 is 1.07 bits per heavy atom. The van der Waals surface area contributed by atoms with Crippen molar-refractivity contribution >= 4 is 0 Å². The minimum absolute atomic E-state index is 0. The second-order valence-corrected chi connectivity index (χ2v) is 2.01. The standard InChI is InChI=1S/C6H15NO3.K.Na.2H2O/c8-4-1-7(2-5-9)3-6-10;;;;/h8-10H,1-6H2;;;2*1H2/q;2*+1;;/p-2. The van der Waals surface area contributed by atoms with Crippen LogP contribution in [0.15, 0.2) is 0 Å². The van der Waals surface area contributed by atoms with E-state index in [0.29, 0.717) is 19.6 Å². The van der Waals surface area contributed by atoms with Crippen LogP contribution in [0.5, 0.6) is 0 Å². The molecule has 5 N–H and O–H groups in total. The molecule has 0 saturated heterocycles. The van der Waals surface area contributed by atoms with Crippen LogP contribution in [0, 0.1) is 0 Å². The summed E-state index contributed by atoms with van der Waals surface area (Å²) in [6, 6.07) is 0. The van der Waals surface area contributed by atoms with Gasteiger partial charge in [-0.1, -0.05) is 0 Å². The molecule has 0 aromatic heterocycles. The summed E-state index contributed by atoms with van der Waals surface area (Å²) in [5, 5.41) is 25.5. The molecule has 0 aliphatic carbocycles.